The summed E-state index contributed by atoms with van der Waals surface area (Å²) in [6, 6.07) is 17.7. The van der Waals surface area contributed by atoms with Crippen LogP contribution in [-0.4, -0.2) is 23.4 Å². The van der Waals surface area contributed by atoms with Gasteiger partial charge in [-0.05, 0) is 48.9 Å². The van der Waals surface area contributed by atoms with Crippen LogP contribution < -0.4 is 5.32 Å². The first-order valence-corrected chi connectivity index (χ1v) is 12.4. The van der Waals surface area contributed by atoms with Gasteiger partial charge >= 0.3 is 5.97 Å². The summed E-state index contributed by atoms with van der Waals surface area (Å²) >= 11 is 7.10. The number of nitrogens with one attached hydrogen (secondary N) is 1. The van der Waals surface area contributed by atoms with Crippen molar-refractivity contribution >= 4 is 51.6 Å². The van der Waals surface area contributed by atoms with Gasteiger partial charge in [0.25, 0.3) is 11.6 Å². The Morgan fingerprint density at radius 1 is 1.13 bits per heavy atom. The number of nitriles is 1. The lowest BCUT2D eigenvalue weighted by molar-refractivity contribution is -0.384. The monoisotopic (exact) mass is 547 g/mol. The number of carbonyl (C=O) groups excluding carboxylic acids is 2. The van der Waals surface area contributed by atoms with E-state index >= 15 is 0 Å². The summed E-state index contributed by atoms with van der Waals surface area (Å²) in [5.74, 6) is -0.728. The molecule has 190 valence electrons. The molecule has 0 atom stereocenters. The third-order valence-corrected chi connectivity index (χ3v) is 6.44. The van der Waals surface area contributed by atoms with Crippen LogP contribution in [0, 0.1) is 21.4 Å². The Hall–Kier alpha value is -4.72. The van der Waals surface area contributed by atoms with E-state index in [0.717, 1.165) is 11.3 Å². The lowest BCUT2D eigenvalue weighted by atomic mass is 10.0. The largest absolute Gasteiger partial charge is 0.462 e. The molecule has 0 aliphatic carbocycles. The van der Waals surface area contributed by atoms with Crippen molar-refractivity contribution in [2.24, 2.45) is 0 Å². The fourth-order valence-electron chi connectivity index (χ4n) is 3.49. The number of thiophene rings is 1. The maximum atomic E-state index is 13.0. The van der Waals surface area contributed by atoms with Crippen LogP contribution in [0.15, 0.2) is 76.0 Å². The van der Waals surface area contributed by atoms with Gasteiger partial charge in [0.15, 0.2) is 0 Å². The topological polar surface area (TPSA) is 135 Å². The number of non-ortho nitro benzene ring substituents is 1. The number of hydrogen-bond donors (Lipinski definition) is 1. The highest BCUT2D eigenvalue weighted by molar-refractivity contribution is 7.15. The third kappa shape index (κ3) is 5.81. The van der Waals surface area contributed by atoms with Crippen molar-refractivity contribution in [3.63, 3.8) is 0 Å². The molecule has 4 rings (SSSR count). The molecule has 1 N–H and O–H groups in total. The molecule has 0 radical (unpaired) electrons. The number of carbonyl (C=O) groups is 2. The Morgan fingerprint density at radius 3 is 2.45 bits per heavy atom. The molecule has 0 unspecified atom stereocenters. The van der Waals surface area contributed by atoms with Gasteiger partial charge in [-0.2, -0.15) is 5.26 Å². The number of halogens is 1. The predicted octanol–water partition coefficient (Wildman–Crippen LogP) is 6.96. The van der Waals surface area contributed by atoms with Gasteiger partial charge in [0.05, 0.1) is 11.5 Å². The van der Waals surface area contributed by atoms with E-state index in [-0.39, 0.29) is 34.2 Å². The average Bonchev–Trinajstić information content (AvgIpc) is 3.55. The van der Waals surface area contributed by atoms with Crippen LogP contribution in [0.3, 0.4) is 0 Å². The minimum Gasteiger partial charge on any atom is -0.462 e. The van der Waals surface area contributed by atoms with Crippen LogP contribution in [0.2, 0.25) is 5.02 Å². The number of anilines is 1. The fourth-order valence-corrected chi connectivity index (χ4v) is 4.57. The van der Waals surface area contributed by atoms with E-state index in [2.05, 4.69) is 5.32 Å². The van der Waals surface area contributed by atoms with Gasteiger partial charge in [-0.15, -0.1) is 11.3 Å². The van der Waals surface area contributed by atoms with Gasteiger partial charge in [0, 0.05) is 39.7 Å². The molecule has 0 aliphatic rings. The lowest BCUT2D eigenvalue weighted by Crippen LogP contribution is -2.16. The highest BCUT2D eigenvalue weighted by Crippen LogP contribution is 2.37. The maximum absolute atomic E-state index is 13.0. The van der Waals surface area contributed by atoms with Crippen LogP contribution in [0.5, 0.6) is 0 Å². The second-order valence-electron chi connectivity index (χ2n) is 7.71. The number of nitro groups is 1. The summed E-state index contributed by atoms with van der Waals surface area (Å²) in [6.45, 7) is 1.82. The van der Waals surface area contributed by atoms with Gasteiger partial charge in [-0.25, -0.2) is 4.79 Å². The zero-order chi connectivity index (χ0) is 27.2. The van der Waals surface area contributed by atoms with Crippen LogP contribution >= 0.6 is 22.9 Å². The number of furan rings is 1. The Bertz CT molecular complexity index is 1580. The zero-order valence-electron chi connectivity index (χ0n) is 19.8. The Morgan fingerprint density at radius 2 is 1.82 bits per heavy atom. The molecule has 0 saturated heterocycles. The number of esters is 1. The Labute approximate surface area is 225 Å². The van der Waals surface area contributed by atoms with E-state index in [0.29, 0.717) is 27.5 Å². The summed E-state index contributed by atoms with van der Waals surface area (Å²) in [5, 5.41) is 25.6. The van der Waals surface area contributed by atoms with Gasteiger partial charge < -0.3 is 14.5 Å². The Balaban J connectivity index is 1.59. The quantitative estimate of drug-likeness (QED) is 0.0827. The van der Waals surface area contributed by atoms with E-state index in [1.807, 2.05) is 6.07 Å². The van der Waals surface area contributed by atoms with Crippen molar-refractivity contribution in [3.05, 3.63) is 98.1 Å². The van der Waals surface area contributed by atoms with Gasteiger partial charge in [0.1, 0.15) is 33.7 Å². The highest BCUT2D eigenvalue weighted by atomic mass is 35.5. The predicted molar refractivity (Wildman–Crippen MR) is 144 cm³/mol. The molecule has 0 fully saturated rings. The smallest absolute Gasteiger partial charge is 0.341 e. The molecule has 9 nitrogen and oxygen atoms in total. The second kappa shape index (κ2) is 11.6. The molecule has 0 saturated carbocycles. The van der Waals surface area contributed by atoms with E-state index in [9.17, 15) is 25.0 Å². The van der Waals surface area contributed by atoms with Crippen molar-refractivity contribution in [3.8, 4) is 28.5 Å². The fraction of sp³-hybridized carbons (Fsp3) is 0.0741. The number of amides is 1. The molecule has 4 aromatic rings. The minimum absolute atomic E-state index is 0.0566. The first-order valence-electron chi connectivity index (χ1n) is 11.1. The van der Waals surface area contributed by atoms with Crippen molar-refractivity contribution < 1.29 is 23.7 Å². The van der Waals surface area contributed by atoms with E-state index < -0.39 is 16.8 Å². The standard InChI is InChI=1S/C27H18ClN3O6S/c1-2-36-27(33)24-22(16-3-7-19(28)8-4-16)15-38-26(24)30-25(32)18(14-29)13-21-11-12-23(37-21)17-5-9-20(10-6-17)31(34)35/h3-13,15H,2H2,1H3,(H,30,32). The number of nitrogens with zero attached hydrogens (tertiary/aromatic N) is 2. The number of nitro benzene ring substituents is 1. The van der Waals surface area contributed by atoms with Gasteiger partial charge in [-0.1, -0.05) is 23.7 Å². The van der Waals surface area contributed by atoms with Crippen molar-refractivity contribution in [1.82, 2.24) is 0 Å². The molecule has 2 heterocycles. The van der Waals surface area contributed by atoms with Crippen LogP contribution in [0.25, 0.3) is 28.5 Å². The highest BCUT2D eigenvalue weighted by Gasteiger charge is 2.24. The molecule has 0 spiro atoms. The normalized spacial score (nSPS) is 11.0. The molecule has 11 heteroatoms. The van der Waals surface area contributed by atoms with E-state index in [1.54, 1.807) is 48.7 Å². The number of ether oxygens (including phenoxy) is 1. The van der Waals surface area contributed by atoms with Crippen LogP contribution in [0.1, 0.15) is 23.0 Å². The summed E-state index contributed by atoms with van der Waals surface area (Å²) < 4.78 is 10.9. The second-order valence-corrected chi connectivity index (χ2v) is 9.03. The molecule has 0 bridgehead atoms. The summed E-state index contributed by atoms with van der Waals surface area (Å²) in [7, 11) is 0. The maximum Gasteiger partial charge on any atom is 0.341 e. The molecule has 1 amide bonds. The molecule has 2 aromatic carbocycles. The molecule has 38 heavy (non-hydrogen) atoms. The zero-order valence-corrected chi connectivity index (χ0v) is 21.3. The number of hydrogen-bond acceptors (Lipinski definition) is 8. The number of rotatable bonds is 8. The Kier molecular flexibility index (Phi) is 8.01. The van der Waals surface area contributed by atoms with Crippen LogP contribution in [0.4, 0.5) is 10.7 Å². The van der Waals surface area contributed by atoms with Crippen molar-refractivity contribution in [2.45, 2.75) is 6.92 Å². The first-order chi connectivity index (χ1) is 18.3. The van der Waals surface area contributed by atoms with E-state index in [4.69, 9.17) is 20.8 Å². The first kappa shape index (κ1) is 26.3. The van der Waals surface area contributed by atoms with Crippen molar-refractivity contribution in [2.75, 3.05) is 11.9 Å². The molecule has 0 aliphatic heterocycles. The van der Waals surface area contributed by atoms with Crippen LogP contribution in [-0.2, 0) is 9.53 Å². The molecular weight excluding hydrogens is 530 g/mol. The minimum atomic E-state index is -0.740. The summed E-state index contributed by atoms with van der Waals surface area (Å²) in [5.41, 5.74) is 1.71. The molecular formula is C27H18ClN3O6S. The lowest BCUT2D eigenvalue weighted by Gasteiger charge is -2.08. The summed E-state index contributed by atoms with van der Waals surface area (Å²) in [4.78, 5) is 36.1. The van der Waals surface area contributed by atoms with Gasteiger partial charge in [-0.3, -0.25) is 14.9 Å². The summed E-state index contributed by atoms with van der Waals surface area (Å²) in [6.07, 6.45) is 1.27. The number of benzene rings is 2. The third-order valence-electron chi connectivity index (χ3n) is 5.29. The SMILES string of the molecule is CCOC(=O)c1c(-c2ccc(Cl)cc2)csc1NC(=O)C(C#N)=Cc1ccc(-c2ccc([N+](=O)[O-])cc2)o1. The average molecular weight is 548 g/mol. The van der Waals surface area contributed by atoms with Gasteiger partial charge in [0.2, 0.25) is 0 Å². The van der Waals surface area contributed by atoms with E-state index in [1.165, 1.54) is 30.3 Å². The molecule has 2 aromatic heterocycles. The van der Waals surface area contributed by atoms with Crippen molar-refractivity contribution in [1.29, 1.82) is 5.26 Å².